The molecule has 0 amide bonds. The topological polar surface area (TPSA) is 29.5 Å². The highest BCUT2D eigenvalue weighted by Crippen LogP contribution is 2.54. The average molecular weight is 357 g/mol. The molecule has 0 unspecified atom stereocenters. The lowest BCUT2D eigenvalue weighted by atomic mass is 9.69. The van der Waals surface area contributed by atoms with E-state index in [9.17, 15) is 5.11 Å². The standard InChI is InChI=1S/C16H25BrO2Si/c1-12-9-15(2)14(17)16(10-12,11-19-15)13(18)7-6-8-20(3,4)5/h10,13-14,18H,7,9,11H2,1-5H3/t13-,14-,15+,16+/m1/s1. The first kappa shape index (κ1) is 16.3. The van der Waals surface area contributed by atoms with Crippen LogP contribution in [0.2, 0.25) is 19.6 Å². The zero-order chi connectivity index (χ0) is 15.2. The molecule has 4 heteroatoms. The van der Waals surface area contributed by atoms with Crippen LogP contribution in [0, 0.1) is 16.9 Å². The van der Waals surface area contributed by atoms with Crippen LogP contribution in [0.4, 0.5) is 0 Å². The summed E-state index contributed by atoms with van der Waals surface area (Å²) in [4.78, 5) is 0.148. The van der Waals surface area contributed by atoms with Crippen molar-refractivity contribution in [1.82, 2.24) is 0 Å². The van der Waals surface area contributed by atoms with E-state index in [4.69, 9.17) is 4.74 Å². The number of rotatable bonds is 2. The van der Waals surface area contributed by atoms with Crippen molar-refractivity contribution >= 4 is 24.0 Å². The molecule has 20 heavy (non-hydrogen) atoms. The van der Waals surface area contributed by atoms with Gasteiger partial charge in [0.15, 0.2) is 0 Å². The SMILES string of the molecule is CC1=C[C@@]2([C@H](O)CC#C[Si](C)(C)C)CO[C@@](C)(C1)[C@H]2Br. The van der Waals surface area contributed by atoms with E-state index >= 15 is 0 Å². The van der Waals surface area contributed by atoms with E-state index in [2.05, 4.69) is 67.0 Å². The Hall–Kier alpha value is -0.0831. The summed E-state index contributed by atoms with van der Waals surface area (Å²) >= 11 is 3.79. The van der Waals surface area contributed by atoms with Crippen molar-refractivity contribution < 1.29 is 9.84 Å². The molecular weight excluding hydrogens is 332 g/mol. The largest absolute Gasteiger partial charge is 0.391 e. The Morgan fingerprint density at radius 3 is 2.80 bits per heavy atom. The van der Waals surface area contributed by atoms with Gasteiger partial charge in [0.25, 0.3) is 0 Å². The third-order valence-electron chi connectivity index (χ3n) is 4.18. The van der Waals surface area contributed by atoms with Gasteiger partial charge in [0.2, 0.25) is 0 Å². The summed E-state index contributed by atoms with van der Waals surface area (Å²) in [5.41, 5.74) is 4.11. The second kappa shape index (κ2) is 5.28. The van der Waals surface area contributed by atoms with Gasteiger partial charge >= 0.3 is 0 Å². The molecule has 2 rings (SSSR count). The van der Waals surface area contributed by atoms with Gasteiger partial charge in [0.05, 0.1) is 28.6 Å². The molecule has 112 valence electrons. The number of hydrogen-bond donors (Lipinski definition) is 1. The predicted molar refractivity (Wildman–Crippen MR) is 89.6 cm³/mol. The quantitative estimate of drug-likeness (QED) is 0.355. The van der Waals surface area contributed by atoms with E-state index < -0.39 is 14.2 Å². The highest BCUT2D eigenvalue weighted by Gasteiger charge is 2.59. The van der Waals surface area contributed by atoms with Gasteiger partial charge in [0.1, 0.15) is 8.07 Å². The van der Waals surface area contributed by atoms with Crippen molar-refractivity contribution in [1.29, 1.82) is 0 Å². The van der Waals surface area contributed by atoms with E-state index in [1.54, 1.807) is 0 Å². The Morgan fingerprint density at radius 1 is 1.55 bits per heavy atom. The minimum atomic E-state index is -1.37. The summed E-state index contributed by atoms with van der Waals surface area (Å²) in [5, 5.41) is 10.7. The highest BCUT2D eigenvalue weighted by molar-refractivity contribution is 9.09. The van der Waals surface area contributed by atoms with Crippen LogP contribution in [-0.4, -0.2) is 36.3 Å². The van der Waals surface area contributed by atoms with Crippen LogP contribution >= 0.6 is 15.9 Å². The first-order valence-corrected chi connectivity index (χ1v) is 11.7. The number of hydrogen-bond acceptors (Lipinski definition) is 2. The number of aliphatic hydroxyl groups is 1. The summed E-state index contributed by atoms with van der Waals surface area (Å²) in [5.74, 6) is 3.20. The maximum atomic E-state index is 10.7. The van der Waals surface area contributed by atoms with Crippen LogP contribution in [0.15, 0.2) is 11.6 Å². The molecule has 4 atom stereocenters. The summed E-state index contributed by atoms with van der Waals surface area (Å²) in [6.07, 6.45) is 3.18. The molecule has 1 heterocycles. The van der Waals surface area contributed by atoms with Gasteiger partial charge in [-0.05, 0) is 20.3 Å². The van der Waals surface area contributed by atoms with Crippen molar-refractivity contribution in [2.45, 2.75) is 62.9 Å². The van der Waals surface area contributed by atoms with Crippen LogP contribution in [0.25, 0.3) is 0 Å². The zero-order valence-electron chi connectivity index (χ0n) is 13.1. The molecule has 2 aliphatic rings. The van der Waals surface area contributed by atoms with Gasteiger partial charge in [-0.1, -0.05) is 47.2 Å². The third kappa shape index (κ3) is 2.92. The van der Waals surface area contributed by atoms with E-state index in [0.29, 0.717) is 13.0 Å². The molecule has 1 fully saturated rings. The fraction of sp³-hybridized carbons (Fsp3) is 0.750. The van der Waals surface area contributed by atoms with Crippen LogP contribution in [-0.2, 0) is 4.74 Å². The van der Waals surface area contributed by atoms with Crippen molar-refractivity contribution in [2.24, 2.45) is 5.41 Å². The molecule has 0 aromatic heterocycles. The number of alkyl halides is 1. The second-order valence-corrected chi connectivity index (χ2v) is 13.2. The maximum absolute atomic E-state index is 10.7. The number of fused-ring (bicyclic) bond motifs is 2. The summed E-state index contributed by atoms with van der Waals surface area (Å²) in [6, 6.07) is 0. The first-order valence-electron chi connectivity index (χ1n) is 7.24. The van der Waals surface area contributed by atoms with Crippen molar-refractivity contribution in [3.63, 3.8) is 0 Å². The van der Waals surface area contributed by atoms with Gasteiger partial charge < -0.3 is 9.84 Å². The molecule has 1 aliphatic heterocycles. The Labute approximate surface area is 132 Å². The van der Waals surface area contributed by atoms with Crippen LogP contribution in [0.3, 0.4) is 0 Å². The summed E-state index contributed by atoms with van der Waals surface area (Å²) in [6.45, 7) is 11.5. The second-order valence-electron chi connectivity index (χ2n) is 7.52. The van der Waals surface area contributed by atoms with Gasteiger partial charge in [-0.15, -0.1) is 11.5 Å². The average Bonchev–Trinajstić information content (AvgIpc) is 2.46. The Bertz CT molecular complexity index is 485. The van der Waals surface area contributed by atoms with E-state index in [1.807, 2.05) is 0 Å². The third-order valence-corrected chi connectivity index (χ3v) is 6.93. The molecule has 0 spiro atoms. The van der Waals surface area contributed by atoms with Crippen molar-refractivity contribution in [3.8, 4) is 11.5 Å². The van der Waals surface area contributed by atoms with Gasteiger partial charge in [-0.2, -0.15) is 0 Å². The monoisotopic (exact) mass is 356 g/mol. The fourth-order valence-corrected chi connectivity index (χ4v) is 4.78. The minimum Gasteiger partial charge on any atom is -0.391 e. The number of ether oxygens (including phenoxy) is 1. The number of aliphatic hydroxyl groups excluding tert-OH is 1. The lowest BCUT2D eigenvalue weighted by Crippen LogP contribution is -2.48. The van der Waals surface area contributed by atoms with Gasteiger partial charge in [-0.3, -0.25) is 0 Å². The molecule has 2 bridgehead atoms. The lowest BCUT2D eigenvalue weighted by Gasteiger charge is -2.40. The van der Waals surface area contributed by atoms with E-state index in [1.165, 1.54) is 5.57 Å². The maximum Gasteiger partial charge on any atom is 0.129 e. The molecule has 0 saturated carbocycles. The normalized spacial score (nSPS) is 38.0. The Balaban J connectivity index is 2.21. The summed E-state index contributed by atoms with van der Waals surface area (Å²) < 4.78 is 6.02. The molecule has 2 nitrogen and oxygen atoms in total. The molecule has 0 aromatic rings. The molecule has 0 aromatic carbocycles. The smallest absolute Gasteiger partial charge is 0.129 e. The predicted octanol–water partition coefficient (Wildman–Crippen LogP) is 3.51. The summed E-state index contributed by atoms with van der Waals surface area (Å²) in [7, 11) is -1.37. The van der Waals surface area contributed by atoms with Crippen molar-refractivity contribution in [3.05, 3.63) is 11.6 Å². The molecule has 1 saturated heterocycles. The number of halogens is 1. The van der Waals surface area contributed by atoms with Crippen LogP contribution in [0.1, 0.15) is 26.7 Å². The minimum absolute atomic E-state index is 0.148. The van der Waals surface area contributed by atoms with Crippen LogP contribution in [0.5, 0.6) is 0 Å². The van der Waals surface area contributed by atoms with Crippen molar-refractivity contribution in [2.75, 3.05) is 6.61 Å². The highest BCUT2D eigenvalue weighted by atomic mass is 79.9. The molecule has 0 radical (unpaired) electrons. The Morgan fingerprint density at radius 2 is 2.20 bits per heavy atom. The van der Waals surface area contributed by atoms with Crippen LogP contribution < -0.4 is 0 Å². The zero-order valence-corrected chi connectivity index (χ0v) is 15.7. The van der Waals surface area contributed by atoms with Gasteiger partial charge in [-0.25, -0.2) is 0 Å². The molecule has 1 N–H and O–H groups in total. The van der Waals surface area contributed by atoms with E-state index in [0.717, 1.165) is 6.42 Å². The Kier molecular flexibility index (Phi) is 4.30. The van der Waals surface area contributed by atoms with Gasteiger partial charge in [0, 0.05) is 6.42 Å². The first-order chi connectivity index (χ1) is 9.09. The molecular formula is C16H25BrO2Si. The van der Waals surface area contributed by atoms with E-state index in [-0.39, 0.29) is 15.8 Å². The fourth-order valence-electron chi connectivity index (χ4n) is 3.29. The lowest BCUT2D eigenvalue weighted by molar-refractivity contribution is 0.0153. The molecule has 1 aliphatic carbocycles.